The van der Waals surface area contributed by atoms with Crippen LogP contribution in [0, 0.1) is 6.92 Å². The molecule has 0 saturated carbocycles. The molecule has 2 unspecified atom stereocenters. The molecule has 3 heteroatoms. The van der Waals surface area contributed by atoms with Crippen LogP contribution >= 0.6 is 0 Å². The van der Waals surface area contributed by atoms with Gasteiger partial charge in [0, 0.05) is 18.4 Å². The highest BCUT2D eigenvalue weighted by Crippen LogP contribution is 2.15. The molecule has 0 bridgehead atoms. The molecular formula is C12H20N2O. The van der Waals surface area contributed by atoms with Crippen LogP contribution < -0.4 is 5.32 Å². The quantitative estimate of drug-likeness (QED) is 0.775. The fourth-order valence-corrected chi connectivity index (χ4v) is 1.55. The van der Waals surface area contributed by atoms with Crippen LogP contribution in [0.5, 0.6) is 0 Å². The van der Waals surface area contributed by atoms with Gasteiger partial charge in [-0.25, -0.2) is 0 Å². The third kappa shape index (κ3) is 3.98. The second-order valence-corrected chi connectivity index (χ2v) is 4.05. The lowest BCUT2D eigenvalue weighted by molar-refractivity contribution is 0.182. The fourth-order valence-electron chi connectivity index (χ4n) is 1.55. The Balaban J connectivity index is 2.47. The van der Waals surface area contributed by atoms with Gasteiger partial charge in [0.15, 0.2) is 0 Å². The van der Waals surface area contributed by atoms with Gasteiger partial charge in [-0.1, -0.05) is 0 Å². The van der Waals surface area contributed by atoms with Crippen LogP contribution in [0.4, 0.5) is 0 Å². The lowest BCUT2D eigenvalue weighted by Crippen LogP contribution is -2.23. The summed E-state index contributed by atoms with van der Waals surface area (Å²) in [5.41, 5.74) is 2.48. The van der Waals surface area contributed by atoms with Crippen LogP contribution in [0.2, 0.25) is 0 Å². The van der Waals surface area contributed by atoms with Crippen molar-refractivity contribution in [3.05, 3.63) is 29.6 Å². The Hall–Kier alpha value is -0.930. The van der Waals surface area contributed by atoms with E-state index in [1.807, 2.05) is 19.2 Å². The predicted octanol–water partition coefficient (Wildman–Crippen LogP) is 1.81. The van der Waals surface area contributed by atoms with E-state index in [9.17, 15) is 0 Å². The molecule has 0 spiro atoms. The van der Waals surface area contributed by atoms with E-state index in [-0.39, 0.29) is 12.1 Å². The van der Waals surface area contributed by atoms with Gasteiger partial charge < -0.3 is 10.4 Å². The second-order valence-electron chi connectivity index (χ2n) is 4.05. The zero-order chi connectivity index (χ0) is 11.3. The van der Waals surface area contributed by atoms with Crippen molar-refractivity contribution in [3.63, 3.8) is 0 Å². The molecule has 84 valence electrons. The smallest absolute Gasteiger partial charge is 0.0524 e. The number of aromatic nitrogens is 1. The number of aliphatic hydroxyl groups excluding tert-OH is 1. The van der Waals surface area contributed by atoms with Gasteiger partial charge in [-0.05, 0) is 50.9 Å². The first kappa shape index (κ1) is 12.1. The van der Waals surface area contributed by atoms with Gasteiger partial charge in [0.2, 0.25) is 0 Å². The average molecular weight is 208 g/mol. The monoisotopic (exact) mass is 208 g/mol. The summed E-state index contributed by atoms with van der Waals surface area (Å²) >= 11 is 0. The lowest BCUT2D eigenvalue weighted by Gasteiger charge is -2.16. The fraction of sp³-hybridized carbons (Fsp3) is 0.583. The van der Waals surface area contributed by atoms with Crippen molar-refractivity contribution in [1.29, 1.82) is 0 Å². The first-order chi connectivity index (χ1) is 7.11. The maximum Gasteiger partial charge on any atom is 0.0524 e. The molecule has 0 amide bonds. The summed E-state index contributed by atoms with van der Waals surface area (Å²) in [4.78, 5) is 4.12. The number of aryl methyl sites for hydroxylation is 1. The van der Waals surface area contributed by atoms with Crippen molar-refractivity contribution in [2.75, 3.05) is 6.54 Å². The summed E-state index contributed by atoms with van der Waals surface area (Å²) in [6.07, 6.45) is 4.25. The number of pyridine rings is 1. The molecular weight excluding hydrogens is 188 g/mol. The van der Waals surface area contributed by atoms with Gasteiger partial charge >= 0.3 is 0 Å². The van der Waals surface area contributed by atoms with Crippen molar-refractivity contribution >= 4 is 0 Å². The van der Waals surface area contributed by atoms with E-state index in [2.05, 4.69) is 24.1 Å². The summed E-state index contributed by atoms with van der Waals surface area (Å²) in [6, 6.07) is 2.31. The summed E-state index contributed by atoms with van der Waals surface area (Å²) < 4.78 is 0. The number of hydrogen-bond donors (Lipinski definition) is 2. The van der Waals surface area contributed by atoms with E-state index >= 15 is 0 Å². The van der Waals surface area contributed by atoms with E-state index in [4.69, 9.17) is 5.11 Å². The van der Waals surface area contributed by atoms with Crippen LogP contribution in [0.3, 0.4) is 0 Å². The summed E-state index contributed by atoms with van der Waals surface area (Å²) in [7, 11) is 0. The van der Waals surface area contributed by atoms with Crippen LogP contribution in [0.25, 0.3) is 0 Å². The third-order valence-corrected chi connectivity index (χ3v) is 2.56. The minimum atomic E-state index is -0.236. The number of aliphatic hydroxyl groups is 1. The van der Waals surface area contributed by atoms with Crippen molar-refractivity contribution in [3.8, 4) is 0 Å². The zero-order valence-corrected chi connectivity index (χ0v) is 9.70. The highest BCUT2D eigenvalue weighted by atomic mass is 16.3. The maximum absolute atomic E-state index is 9.14. The van der Waals surface area contributed by atoms with E-state index in [0.29, 0.717) is 0 Å². The topological polar surface area (TPSA) is 45.2 Å². The average Bonchev–Trinajstić information content (AvgIpc) is 2.17. The lowest BCUT2D eigenvalue weighted by atomic mass is 10.1. The van der Waals surface area contributed by atoms with E-state index in [1.165, 1.54) is 11.1 Å². The minimum absolute atomic E-state index is 0.236. The van der Waals surface area contributed by atoms with E-state index in [1.54, 1.807) is 6.20 Å². The molecule has 0 aromatic carbocycles. The van der Waals surface area contributed by atoms with Crippen molar-refractivity contribution < 1.29 is 5.11 Å². The molecule has 0 aliphatic carbocycles. The molecule has 0 radical (unpaired) electrons. The Morgan fingerprint density at radius 3 is 2.80 bits per heavy atom. The van der Waals surface area contributed by atoms with Gasteiger partial charge in [0.05, 0.1) is 6.10 Å². The van der Waals surface area contributed by atoms with Gasteiger partial charge in [0.25, 0.3) is 0 Å². The van der Waals surface area contributed by atoms with Gasteiger partial charge in [-0.2, -0.15) is 0 Å². The van der Waals surface area contributed by atoms with Crippen molar-refractivity contribution in [2.45, 2.75) is 39.3 Å². The SMILES string of the molecule is Cc1ccncc1C(C)NCCC(C)O. The molecule has 2 N–H and O–H groups in total. The Kier molecular flexibility index (Phi) is 4.72. The summed E-state index contributed by atoms with van der Waals surface area (Å²) in [5, 5.41) is 12.5. The Morgan fingerprint density at radius 1 is 1.47 bits per heavy atom. The van der Waals surface area contributed by atoms with Crippen LogP contribution in [-0.4, -0.2) is 22.7 Å². The highest BCUT2D eigenvalue weighted by Gasteiger charge is 2.07. The molecule has 15 heavy (non-hydrogen) atoms. The van der Waals surface area contributed by atoms with Crippen LogP contribution in [0.15, 0.2) is 18.5 Å². The second kappa shape index (κ2) is 5.83. The minimum Gasteiger partial charge on any atom is -0.393 e. The molecule has 2 atom stereocenters. The van der Waals surface area contributed by atoms with Crippen molar-refractivity contribution in [2.24, 2.45) is 0 Å². The molecule has 0 aliphatic rings. The van der Waals surface area contributed by atoms with Crippen LogP contribution in [0.1, 0.15) is 37.4 Å². The number of nitrogens with one attached hydrogen (secondary N) is 1. The number of nitrogens with zero attached hydrogens (tertiary/aromatic N) is 1. The largest absolute Gasteiger partial charge is 0.393 e. The molecule has 1 heterocycles. The summed E-state index contributed by atoms with van der Waals surface area (Å²) in [6.45, 7) is 6.84. The Labute approximate surface area is 91.5 Å². The standard InChI is InChI=1S/C12H20N2O/c1-9-4-6-13-8-12(9)11(3)14-7-5-10(2)15/h4,6,8,10-11,14-15H,5,7H2,1-3H3. The van der Waals surface area contributed by atoms with Crippen LogP contribution in [-0.2, 0) is 0 Å². The van der Waals surface area contributed by atoms with E-state index < -0.39 is 0 Å². The number of rotatable bonds is 5. The van der Waals surface area contributed by atoms with Gasteiger partial charge in [0.1, 0.15) is 0 Å². The third-order valence-electron chi connectivity index (χ3n) is 2.56. The van der Waals surface area contributed by atoms with Crippen molar-refractivity contribution in [1.82, 2.24) is 10.3 Å². The molecule has 1 rings (SSSR count). The molecule has 3 nitrogen and oxygen atoms in total. The first-order valence-electron chi connectivity index (χ1n) is 5.43. The predicted molar refractivity (Wildman–Crippen MR) is 61.7 cm³/mol. The zero-order valence-electron chi connectivity index (χ0n) is 9.70. The molecule has 1 aromatic heterocycles. The Bertz CT molecular complexity index is 299. The van der Waals surface area contributed by atoms with Gasteiger partial charge in [-0.15, -0.1) is 0 Å². The molecule has 0 saturated heterocycles. The number of hydrogen-bond acceptors (Lipinski definition) is 3. The normalized spacial score (nSPS) is 14.9. The van der Waals surface area contributed by atoms with E-state index in [0.717, 1.165) is 13.0 Å². The Morgan fingerprint density at radius 2 is 2.20 bits per heavy atom. The highest BCUT2D eigenvalue weighted by molar-refractivity contribution is 5.24. The molecule has 1 aromatic rings. The first-order valence-corrected chi connectivity index (χ1v) is 5.43. The van der Waals surface area contributed by atoms with Gasteiger partial charge in [-0.3, -0.25) is 4.98 Å². The molecule has 0 aliphatic heterocycles. The molecule has 0 fully saturated rings. The maximum atomic E-state index is 9.14. The summed E-state index contributed by atoms with van der Waals surface area (Å²) in [5.74, 6) is 0.